The Kier molecular flexibility index (Phi) is 4.78. The zero-order valence-electron chi connectivity index (χ0n) is 11.2. The summed E-state index contributed by atoms with van der Waals surface area (Å²) in [7, 11) is 0. The van der Waals surface area contributed by atoms with Gasteiger partial charge in [0.25, 0.3) is 5.91 Å². The summed E-state index contributed by atoms with van der Waals surface area (Å²) in [4.78, 5) is 15.3. The Labute approximate surface area is 113 Å². The van der Waals surface area contributed by atoms with E-state index in [9.17, 15) is 4.79 Å². The Bertz CT molecular complexity index is 396. The van der Waals surface area contributed by atoms with Gasteiger partial charge < -0.3 is 10.2 Å². The SMILES string of the molecule is CCN(CC1CCCNC1)C(=O)c1sccc1C. The maximum Gasteiger partial charge on any atom is 0.264 e. The van der Waals surface area contributed by atoms with Gasteiger partial charge in [-0.05, 0) is 62.7 Å². The third-order valence-electron chi connectivity index (χ3n) is 3.60. The van der Waals surface area contributed by atoms with E-state index in [4.69, 9.17) is 0 Å². The van der Waals surface area contributed by atoms with Crippen LogP contribution in [0.1, 0.15) is 35.0 Å². The monoisotopic (exact) mass is 266 g/mol. The fourth-order valence-corrected chi connectivity index (χ4v) is 3.37. The van der Waals surface area contributed by atoms with Gasteiger partial charge in [0.1, 0.15) is 0 Å². The number of carbonyl (C=O) groups excluding carboxylic acids is 1. The Morgan fingerprint density at radius 1 is 1.61 bits per heavy atom. The molecule has 1 aromatic heterocycles. The van der Waals surface area contributed by atoms with E-state index in [1.54, 1.807) is 11.3 Å². The molecule has 0 bridgehead atoms. The van der Waals surface area contributed by atoms with Crippen molar-refractivity contribution in [2.75, 3.05) is 26.2 Å². The highest BCUT2D eigenvalue weighted by molar-refractivity contribution is 7.12. The van der Waals surface area contributed by atoms with Gasteiger partial charge in [-0.15, -0.1) is 11.3 Å². The molecule has 18 heavy (non-hydrogen) atoms. The maximum absolute atomic E-state index is 12.4. The van der Waals surface area contributed by atoms with Crippen molar-refractivity contribution < 1.29 is 4.79 Å². The average molecular weight is 266 g/mol. The Balaban J connectivity index is 1.99. The van der Waals surface area contributed by atoms with Gasteiger partial charge in [0.15, 0.2) is 0 Å². The van der Waals surface area contributed by atoms with Crippen molar-refractivity contribution in [1.29, 1.82) is 0 Å². The Morgan fingerprint density at radius 3 is 3.00 bits per heavy atom. The molecule has 0 saturated carbocycles. The first-order chi connectivity index (χ1) is 8.72. The number of rotatable bonds is 4. The summed E-state index contributed by atoms with van der Waals surface area (Å²) in [5, 5.41) is 5.41. The number of nitrogens with zero attached hydrogens (tertiary/aromatic N) is 1. The zero-order valence-corrected chi connectivity index (χ0v) is 12.1. The average Bonchev–Trinajstić information content (AvgIpc) is 2.82. The molecule has 2 heterocycles. The molecule has 2 rings (SSSR count). The van der Waals surface area contributed by atoms with Gasteiger partial charge in [0.05, 0.1) is 4.88 Å². The van der Waals surface area contributed by atoms with Gasteiger partial charge in [-0.3, -0.25) is 4.79 Å². The van der Waals surface area contributed by atoms with Crippen LogP contribution >= 0.6 is 11.3 Å². The summed E-state index contributed by atoms with van der Waals surface area (Å²) in [6, 6.07) is 2.02. The summed E-state index contributed by atoms with van der Waals surface area (Å²) >= 11 is 1.56. The number of nitrogens with one attached hydrogen (secondary N) is 1. The zero-order chi connectivity index (χ0) is 13.0. The normalized spacial score (nSPS) is 19.8. The molecule has 1 amide bonds. The fraction of sp³-hybridized carbons (Fsp3) is 0.643. The second-order valence-electron chi connectivity index (χ2n) is 4.99. The molecule has 0 aliphatic carbocycles. The minimum Gasteiger partial charge on any atom is -0.338 e. The van der Waals surface area contributed by atoms with E-state index in [1.807, 2.05) is 23.3 Å². The first-order valence-electron chi connectivity index (χ1n) is 6.76. The van der Waals surface area contributed by atoms with Crippen molar-refractivity contribution in [2.24, 2.45) is 5.92 Å². The molecular weight excluding hydrogens is 244 g/mol. The molecule has 1 fully saturated rings. The lowest BCUT2D eigenvalue weighted by atomic mass is 9.99. The molecule has 1 N–H and O–H groups in total. The number of hydrogen-bond acceptors (Lipinski definition) is 3. The molecule has 0 spiro atoms. The van der Waals surface area contributed by atoms with Crippen LogP contribution in [0.4, 0.5) is 0 Å². The van der Waals surface area contributed by atoms with Crippen LogP contribution < -0.4 is 5.32 Å². The third kappa shape index (κ3) is 3.12. The van der Waals surface area contributed by atoms with Crippen LogP contribution in [0.5, 0.6) is 0 Å². The van der Waals surface area contributed by atoms with Gasteiger partial charge in [-0.25, -0.2) is 0 Å². The maximum atomic E-state index is 12.4. The van der Waals surface area contributed by atoms with E-state index in [0.29, 0.717) is 5.92 Å². The van der Waals surface area contributed by atoms with Crippen molar-refractivity contribution in [2.45, 2.75) is 26.7 Å². The first kappa shape index (κ1) is 13.6. The predicted octanol–water partition coefficient (Wildman–Crippen LogP) is 2.52. The van der Waals surface area contributed by atoms with Crippen LogP contribution in [0.25, 0.3) is 0 Å². The molecule has 100 valence electrons. The Hall–Kier alpha value is -0.870. The van der Waals surface area contributed by atoms with Gasteiger partial charge in [-0.1, -0.05) is 0 Å². The van der Waals surface area contributed by atoms with Crippen LogP contribution in [0.15, 0.2) is 11.4 Å². The molecule has 1 unspecified atom stereocenters. The number of thiophene rings is 1. The van der Waals surface area contributed by atoms with Crippen LogP contribution in [-0.2, 0) is 0 Å². The van der Waals surface area contributed by atoms with Crippen LogP contribution in [0.2, 0.25) is 0 Å². The molecular formula is C14H22N2OS. The van der Waals surface area contributed by atoms with E-state index < -0.39 is 0 Å². The molecule has 1 aliphatic heterocycles. The Morgan fingerprint density at radius 2 is 2.44 bits per heavy atom. The van der Waals surface area contributed by atoms with Crippen molar-refractivity contribution in [3.63, 3.8) is 0 Å². The first-order valence-corrected chi connectivity index (χ1v) is 7.64. The molecule has 0 aromatic carbocycles. The van der Waals surface area contributed by atoms with Crippen molar-refractivity contribution >= 4 is 17.2 Å². The highest BCUT2D eigenvalue weighted by Gasteiger charge is 2.22. The molecule has 1 saturated heterocycles. The molecule has 0 radical (unpaired) electrons. The van der Waals surface area contributed by atoms with Gasteiger partial charge >= 0.3 is 0 Å². The lowest BCUT2D eigenvalue weighted by molar-refractivity contribution is 0.0733. The second kappa shape index (κ2) is 6.34. The highest BCUT2D eigenvalue weighted by Crippen LogP contribution is 2.20. The lowest BCUT2D eigenvalue weighted by Gasteiger charge is -2.29. The van der Waals surface area contributed by atoms with Crippen molar-refractivity contribution in [1.82, 2.24) is 10.2 Å². The summed E-state index contributed by atoms with van der Waals surface area (Å²) in [6.07, 6.45) is 2.47. The summed E-state index contributed by atoms with van der Waals surface area (Å²) in [5.41, 5.74) is 1.10. The fourth-order valence-electron chi connectivity index (χ4n) is 2.48. The number of piperidine rings is 1. The quantitative estimate of drug-likeness (QED) is 0.908. The number of hydrogen-bond donors (Lipinski definition) is 1. The number of amides is 1. The lowest BCUT2D eigenvalue weighted by Crippen LogP contribution is -2.40. The number of carbonyl (C=O) groups is 1. The molecule has 1 aromatic rings. The van der Waals surface area contributed by atoms with E-state index in [0.717, 1.165) is 36.6 Å². The highest BCUT2D eigenvalue weighted by atomic mass is 32.1. The molecule has 1 atom stereocenters. The van der Waals surface area contributed by atoms with Gasteiger partial charge in [0, 0.05) is 13.1 Å². The molecule has 4 heteroatoms. The largest absolute Gasteiger partial charge is 0.338 e. The smallest absolute Gasteiger partial charge is 0.264 e. The topological polar surface area (TPSA) is 32.3 Å². The van der Waals surface area contributed by atoms with Crippen molar-refractivity contribution in [3.8, 4) is 0 Å². The summed E-state index contributed by atoms with van der Waals surface area (Å²) in [6.45, 7) is 7.94. The minimum absolute atomic E-state index is 0.204. The van der Waals surface area contributed by atoms with Crippen LogP contribution in [-0.4, -0.2) is 37.0 Å². The second-order valence-corrected chi connectivity index (χ2v) is 5.91. The summed E-state index contributed by atoms with van der Waals surface area (Å²) < 4.78 is 0. The predicted molar refractivity (Wildman–Crippen MR) is 76.2 cm³/mol. The van der Waals surface area contributed by atoms with E-state index in [-0.39, 0.29) is 5.91 Å². The van der Waals surface area contributed by atoms with Crippen LogP contribution in [0, 0.1) is 12.8 Å². The molecule has 1 aliphatic rings. The number of aryl methyl sites for hydroxylation is 1. The van der Waals surface area contributed by atoms with Crippen LogP contribution in [0.3, 0.4) is 0 Å². The van der Waals surface area contributed by atoms with E-state index in [2.05, 4.69) is 12.2 Å². The van der Waals surface area contributed by atoms with Gasteiger partial charge in [0.2, 0.25) is 0 Å². The third-order valence-corrected chi connectivity index (χ3v) is 4.61. The molecule has 3 nitrogen and oxygen atoms in total. The minimum atomic E-state index is 0.204. The van der Waals surface area contributed by atoms with Crippen molar-refractivity contribution in [3.05, 3.63) is 21.9 Å². The van der Waals surface area contributed by atoms with E-state index >= 15 is 0 Å². The van der Waals surface area contributed by atoms with E-state index in [1.165, 1.54) is 12.8 Å². The standard InChI is InChI=1S/C14H22N2OS/c1-3-16(10-12-5-4-7-15-9-12)14(17)13-11(2)6-8-18-13/h6,8,12,15H,3-5,7,9-10H2,1-2H3. The summed E-state index contributed by atoms with van der Waals surface area (Å²) in [5.74, 6) is 0.818. The van der Waals surface area contributed by atoms with Gasteiger partial charge in [-0.2, -0.15) is 0 Å².